The number of rotatable bonds is 4. The Morgan fingerprint density at radius 3 is 2.55 bits per heavy atom. The van der Waals surface area contributed by atoms with Crippen molar-refractivity contribution in [3.8, 4) is 0 Å². The number of esters is 1. The van der Waals surface area contributed by atoms with Crippen molar-refractivity contribution < 1.29 is 19.1 Å². The van der Waals surface area contributed by atoms with Gasteiger partial charge in [0.15, 0.2) is 0 Å². The molecular weight excluding hydrogens is 392 g/mol. The standard InChI is InChI=1S/C13H11BrN2O4S2/c1-5-8(13(19)20-2)12(22-9(5)10(15)17)16-11(18)7-3-6(14)4-21-7/h3-4H,1-2H3,(H2,15,17)(H,16,18). The SMILES string of the molecule is COC(=O)c1c(NC(=O)c2cc(Br)cs2)sc(C(N)=O)c1C. The van der Waals surface area contributed by atoms with Crippen LogP contribution >= 0.6 is 38.6 Å². The molecule has 0 fully saturated rings. The second-order valence-electron chi connectivity index (χ2n) is 4.20. The summed E-state index contributed by atoms with van der Waals surface area (Å²) in [5.74, 6) is -1.67. The highest BCUT2D eigenvalue weighted by Gasteiger charge is 2.25. The van der Waals surface area contributed by atoms with Crippen LogP contribution in [0.3, 0.4) is 0 Å². The van der Waals surface area contributed by atoms with Gasteiger partial charge in [-0.1, -0.05) is 0 Å². The maximum atomic E-state index is 12.2. The molecule has 6 nitrogen and oxygen atoms in total. The number of hydrogen-bond acceptors (Lipinski definition) is 6. The number of amides is 2. The maximum absolute atomic E-state index is 12.2. The highest BCUT2D eigenvalue weighted by Crippen LogP contribution is 2.34. The van der Waals surface area contributed by atoms with Gasteiger partial charge in [0.05, 0.1) is 22.4 Å². The molecule has 0 aliphatic carbocycles. The zero-order valence-electron chi connectivity index (χ0n) is 11.6. The van der Waals surface area contributed by atoms with Gasteiger partial charge >= 0.3 is 5.97 Å². The van der Waals surface area contributed by atoms with E-state index in [0.717, 1.165) is 15.8 Å². The van der Waals surface area contributed by atoms with E-state index in [1.165, 1.54) is 18.4 Å². The molecule has 2 heterocycles. The molecule has 22 heavy (non-hydrogen) atoms. The lowest BCUT2D eigenvalue weighted by Gasteiger charge is -2.04. The molecule has 0 saturated carbocycles. The number of nitrogens with two attached hydrogens (primary N) is 1. The van der Waals surface area contributed by atoms with Gasteiger partial charge in [0, 0.05) is 9.85 Å². The van der Waals surface area contributed by atoms with Crippen LogP contribution < -0.4 is 11.1 Å². The third-order valence-corrected chi connectivity index (χ3v) is 5.69. The molecule has 0 radical (unpaired) electrons. The quantitative estimate of drug-likeness (QED) is 0.767. The van der Waals surface area contributed by atoms with Crippen LogP contribution in [0.25, 0.3) is 0 Å². The number of primary amides is 1. The Hall–Kier alpha value is -1.71. The van der Waals surface area contributed by atoms with Crippen molar-refractivity contribution in [1.29, 1.82) is 0 Å². The summed E-state index contributed by atoms with van der Waals surface area (Å²) in [5.41, 5.74) is 5.83. The molecule has 0 aliphatic heterocycles. The van der Waals surface area contributed by atoms with Crippen molar-refractivity contribution >= 4 is 61.4 Å². The average molecular weight is 403 g/mol. The summed E-state index contributed by atoms with van der Waals surface area (Å²) in [5, 5.41) is 4.64. The minimum absolute atomic E-state index is 0.144. The van der Waals surface area contributed by atoms with Crippen LogP contribution in [-0.4, -0.2) is 24.9 Å². The molecule has 116 valence electrons. The molecule has 0 atom stereocenters. The van der Waals surface area contributed by atoms with Crippen molar-refractivity contribution in [2.24, 2.45) is 5.73 Å². The smallest absolute Gasteiger partial charge is 0.341 e. The predicted molar refractivity (Wildman–Crippen MR) is 88.9 cm³/mol. The molecule has 2 aromatic heterocycles. The molecule has 0 bridgehead atoms. The first kappa shape index (κ1) is 16.7. The van der Waals surface area contributed by atoms with E-state index in [1.54, 1.807) is 18.4 Å². The summed E-state index contributed by atoms with van der Waals surface area (Å²) >= 11 is 5.47. The molecule has 0 unspecified atom stereocenters. The summed E-state index contributed by atoms with van der Waals surface area (Å²) < 4.78 is 5.49. The van der Waals surface area contributed by atoms with E-state index in [1.807, 2.05) is 0 Å². The van der Waals surface area contributed by atoms with E-state index in [0.29, 0.717) is 10.4 Å². The van der Waals surface area contributed by atoms with Gasteiger partial charge in [0.25, 0.3) is 11.8 Å². The largest absolute Gasteiger partial charge is 0.465 e. The minimum atomic E-state index is -0.660. The molecule has 0 spiro atoms. The highest BCUT2D eigenvalue weighted by molar-refractivity contribution is 9.10. The molecule has 0 aromatic carbocycles. The maximum Gasteiger partial charge on any atom is 0.341 e. The van der Waals surface area contributed by atoms with Gasteiger partial charge in [-0.05, 0) is 34.5 Å². The van der Waals surface area contributed by atoms with E-state index in [9.17, 15) is 14.4 Å². The van der Waals surface area contributed by atoms with Crippen molar-refractivity contribution in [2.75, 3.05) is 12.4 Å². The lowest BCUT2D eigenvalue weighted by molar-refractivity contribution is 0.0601. The number of ether oxygens (including phenoxy) is 1. The topological polar surface area (TPSA) is 98.5 Å². The first-order valence-electron chi connectivity index (χ1n) is 5.92. The van der Waals surface area contributed by atoms with Gasteiger partial charge in [-0.15, -0.1) is 22.7 Å². The molecule has 9 heteroatoms. The lowest BCUT2D eigenvalue weighted by atomic mass is 10.1. The summed E-state index contributed by atoms with van der Waals surface area (Å²) in [4.78, 5) is 36.2. The fourth-order valence-electron chi connectivity index (χ4n) is 1.78. The first-order valence-corrected chi connectivity index (χ1v) is 8.41. The first-order chi connectivity index (χ1) is 10.3. The van der Waals surface area contributed by atoms with Crippen LogP contribution in [0, 0.1) is 6.92 Å². The fourth-order valence-corrected chi connectivity index (χ4v) is 4.14. The van der Waals surface area contributed by atoms with E-state index < -0.39 is 11.9 Å². The summed E-state index contributed by atoms with van der Waals surface area (Å²) in [6.45, 7) is 1.58. The fraction of sp³-hybridized carbons (Fsp3) is 0.154. The van der Waals surface area contributed by atoms with E-state index in [4.69, 9.17) is 10.5 Å². The lowest BCUT2D eigenvalue weighted by Crippen LogP contribution is -2.13. The minimum Gasteiger partial charge on any atom is -0.465 e. The number of methoxy groups -OCH3 is 1. The van der Waals surface area contributed by atoms with Gasteiger partial charge in [-0.3, -0.25) is 9.59 Å². The molecule has 0 aliphatic rings. The zero-order valence-corrected chi connectivity index (χ0v) is 14.8. The Morgan fingerprint density at radius 2 is 2.05 bits per heavy atom. The second-order valence-corrected chi connectivity index (χ2v) is 7.05. The molecule has 2 rings (SSSR count). The predicted octanol–water partition coefficient (Wildman–Crippen LogP) is 3.02. The number of anilines is 1. The number of carbonyl (C=O) groups excluding carboxylic acids is 3. The van der Waals surface area contributed by atoms with Gasteiger partial charge in [0.1, 0.15) is 5.00 Å². The average Bonchev–Trinajstić information content (AvgIpc) is 3.02. The summed E-state index contributed by atoms with van der Waals surface area (Å²) in [6.07, 6.45) is 0. The van der Waals surface area contributed by atoms with Gasteiger partial charge in [0.2, 0.25) is 0 Å². The van der Waals surface area contributed by atoms with Crippen LogP contribution in [0.4, 0.5) is 5.00 Å². The van der Waals surface area contributed by atoms with Crippen LogP contribution in [0.1, 0.15) is 35.3 Å². The number of carbonyl (C=O) groups is 3. The number of nitrogens with one attached hydrogen (secondary N) is 1. The zero-order chi connectivity index (χ0) is 16.4. The van der Waals surface area contributed by atoms with Crippen LogP contribution in [0.15, 0.2) is 15.9 Å². The van der Waals surface area contributed by atoms with E-state index in [-0.39, 0.29) is 21.3 Å². The number of halogens is 1. The molecule has 2 amide bonds. The van der Waals surface area contributed by atoms with Gasteiger partial charge in [-0.25, -0.2) is 4.79 Å². The second kappa shape index (κ2) is 6.59. The highest BCUT2D eigenvalue weighted by atomic mass is 79.9. The number of thiophene rings is 2. The summed E-state index contributed by atoms with van der Waals surface area (Å²) in [7, 11) is 1.23. The van der Waals surface area contributed by atoms with Gasteiger partial charge < -0.3 is 15.8 Å². The van der Waals surface area contributed by atoms with E-state index >= 15 is 0 Å². The number of hydrogen-bond donors (Lipinski definition) is 2. The summed E-state index contributed by atoms with van der Waals surface area (Å²) in [6, 6.07) is 1.66. The molecule has 3 N–H and O–H groups in total. The van der Waals surface area contributed by atoms with Gasteiger partial charge in [-0.2, -0.15) is 0 Å². The van der Waals surface area contributed by atoms with Crippen LogP contribution in [0.5, 0.6) is 0 Å². The van der Waals surface area contributed by atoms with Crippen molar-refractivity contribution in [2.45, 2.75) is 6.92 Å². The molecule has 2 aromatic rings. The Labute approximate surface area is 142 Å². The van der Waals surface area contributed by atoms with Crippen molar-refractivity contribution in [1.82, 2.24) is 0 Å². The van der Waals surface area contributed by atoms with E-state index in [2.05, 4.69) is 21.2 Å². The monoisotopic (exact) mass is 402 g/mol. The Bertz CT molecular complexity index is 766. The Kier molecular flexibility index (Phi) is 4.99. The van der Waals surface area contributed by atoms with Crippen LogP contribution in [-0.2, 0) is 4.74 Å². The van der Waals surface area contributed by atoms with Crippen LogP contribution in [0.2, 0.25) is 0 Å². The Morgan fingerprint density at radius 1 is 1.36 bits per heavy atom. The molecule has 0 saturated heterocycles. The third kappa shape index (κ3) is 3.21. The normalized spacial score (nSPS) is 10.3. The molecular formula is C13H11BrN2O4S2. The van der Waals surface area contributed by atoms with Crippen molar-refractivity contribution in [3.63, 3.8) is 0 Å². The Balaban J connectivity index is 2.41. The third-order valence-electron chi connectivity index (χ3n) is 2.78. The van der Waals surface area contributed by atoms with Crippen molar-refractivity contribution in [3.05, 3.63) is 36.8 Å².